The molecule has 3 rings (SSSR count). The van der Waals surface area contributed by atoms with Gasteiger partial charge >= 0.3 is 0 Å². The van der Waals surface area contributed by atoms with Crippen LogP contribution in [0.15, 0.2) is 41.8 Å². The lowest BCUT2D eigenvalue weighted by Gasteiger charge is -2.12. The van der Waals surface area contributed by atoms with E-state index in [1.54, 1.807) is 49.0 Å². The van der Waals surface area contributed by atoms with Crippen molar-refractivity contribution in [3.63, 3.8) is 0 Å². The van der Waals surface area contributed by atoms with Crippen LogP contribution in [0.4, 0.5) is 5.82 Å². The number of nitrogens with zero attached hydrogens (tertiary/aromatic N) is 4. The van der Waals surface area contributed by atoms with E-state index in [2.05, 4.69) is 19.7 Å². The van der Waals surface area contributed by atoms with Gasteiger partial charge in [0.1, 0.15) is 23.8 Å². The quantitative estimate of drug-likeness (QED) is 0.754. The molecule has 0 aliphatic carbocycles. The largest absolute Gasteiger partial charge is 0.288 e. The Kier molecular flexibility index (Phi) is 4.49. The first-order chi connectivity index (χ1) is 11.8. The van der Waals surface area contributed by atoms with Crippen molar-refractivity contribution in [3.05, 3.63) is 58.9 Å². The van der Waals surface area contributed by atoms with Crippen molar-refractivity contribution in [2.24, 2.45) is 0 Å². The van der Waals surface area contributed by atoms with Crippen LogP contribution in [0.5, 0.6) is 0 Å². The van der Waals surface area contributed by atoms with Crippen LogP contribution in [0.1, 0.15) is 17.0 Å². The molecule has 0 aliphatic rings. The zero-order valence-corrected chi connectivity index (χ0v) is 15.4. The fraction of sp³-hybridized carbons (Fsp3) is 0.188. The third kappa shape index (κ3) is 3.49. The maximum absolute atomic E-state index is 12.7. The van der Waals surface area contributed by atoms with Crippen LogP contribution in [0.2, 0.25) is 5.02 Å². The molecule has 0 spiro atoms. The van der Waals surface area contributed by atoms with E-state index >= 15 is 0 Å². The highest BCUT2D eigenvalue weighted by molar-refractivity contribution is 7.92. The van der Waals surface area contributed by atoms with Crippen molar-refractivity contribution in [2.75, 3.05) is 4.72 Å². The molecule has 2 aromatic heterocycles. The Morgan fingerprint density at radius 1 is 1.04 bits per heavy atom. The molecule has 0 bridgehead atoms. The Hall–Kier alpha value is -2.45. The summed E-state index contributed by atoms with van der Waals surface area (Å²) in [7, 11) is -3.80. The van der Waals surface area contributed by atoms with Crippen LogP contribution >= 0.6 is 11.6 Å². The first-order valence-corrected chi connectivity index (χ1v) is 9.26. The Morgan fingerprint density at radius 2 is 1.80 bits per heavy atom. The molecule has 1 N–H and O–H groups in total. The molecule has 130 valence electrons. The van der Waals surface area contributed by atoms with Crippen LogP contribution in [0.25, 0.3) is 5.82 Å². The summed E-state index contributed by atoms with van der Waals surface area (Å²) in [5.74, 6) is 1.42. The Balaban J connectivity index is 1.97. The SMILES string of the molecule is Cc1cc(S(=O)(=O)Nc2cc(-n3ccnc3C)ncn2)c(C)cc1Cl. The van der Waals surface area contributed by atoms with E-state index in [1.807, 2.05) is 6.92 Å². The molecule has 0 fully saturated rings. The highest BCUT2D eigenvalue weighted by Crippen LogP contribution is 2.25. The van der Waals surface area contributed by atoms with Gasteiger partial charge in [-0.2, -0.15) is 0 Å². The molecule has 0 unspecified atom stereocenters. The highest BCUT2D eigenvalue weighted by Gasteiger charge is 2.19. The third-order valence-electron chi connectivity index (χ3n) is 3.71. The van der Waals surface area contributed by atoms with Gasteiger partial charge in [0, 0.05) is 23.5 Å². The van der Waals surface area contributed by atoms with E-state index in [0.717, 1.165) is 5.82 Å². The zero-order chi connectivity index (χ0) is 18.2. The van der Waals surface area contributed by atoms with Crippen molar-refractivity contribution in [1.29, 1.82) is 0 Å². The van der Waals surface area contributed by atoms with Crippen LogP contribution in [0, 0.1) is 20.8 Å². The molecular formula is C16H16ClN5O2S. The van der Waals surface area contributed by atoms with Crippen molar-refractivity contribution in [2.45, 2.75) is 25.7 Å². The van der Waals surface area contributed by atoms with Crippen LogP contribution < -0.4 is 4.72 Å². The lowest BCUT2D eigenvalue weighted by Crippen LogP contribution is -2.16. The standard InChI is InChI=1S/C16H16ClN5O2S/c1-10-7-14(11(2)6-13(10)17)25(23,24)21-15-8-16(20-9-19-15)22-5-4-18-12(22)3/h4-9H,1-3H3,(H,19,20,21). The van der Waals surface area contributed by atoms with Gasteiger partial charge < -0.3 is 0 Å². The number of benzene rings is 1. The summed E-state index contributed by atoms with van der Waals surface area (Å²) >= 11 is 6.04. The van der Waals surface area contributed by atoms with E-state index < -0.39 is 10.0 Å². The maximum atomic E-state index is 12.7. The van der Waals surface area contributed by atoms with Crippen LogP contribution in [-0.2, 0) is 10.0 Å². The van der Waals surface area contributed by atoms with Crippen molar-refractivity contribution in [1.82, 2.24) is 19.5 Å². The fourth-order valence-electron chi connectivity index (χ4n) is 2.39. The average Bonchev–Trinajstić information content (AvgIpc) is 2.96. The van der Waals surface area contributed by atoms with E-state index in [-0.39, 0.29) is 10.7 Å². The number of aryl methyl sites for hydroxylation is 3. The summed E-state index contributed by atoms with van der Waals surface area (Å²) in [6.07, 6.45) is 4.68. The molecular weight excluding hydrogens is 362 g/mol. The van der Waals surface area contributed by atoms with Gasteiger partial charge in [0.25, 0.3) is 10.0 Å². The first kappa shape index (κ1) is 17.4. The topological polar surface area (TPSA) is 89.8 Å². The molecule has 2 heterocycles. The molecule has 0 radical (unpaired) electrons. The van der Waals surface area contributed by atoms with Crippen molar-refractivity contribution < 1.29 is 8.42 Å². The monoisotopic (exact) mass is 377 g/mol. The van der Waals surface area contributed by atoms with Crippen LogP contribution in [-0.4, -0.2) is 27.9 Å². The summed E-state index contributed by atoms with van der Waals surface area (Å²) in [6, 6.07) is 4.72. The van der Waals surface area contributed by atoms with E-state index in [1.165, 1.54) is 6.33 Å². The molecule has 0 atom stereocenters. The van der Waals surface area contributed by atoms with E-state index in [0.29, 0.717) is 22.0 Å². The molecule has 9 heteroatoms. The Labute approximate surface area is 150 Å². The zero-order valence-electron chi connectivity index (χ0n) is 13.9. The van der Waals surface area contributed by atoms with Gasteiger partial charge in [-0.25, -0.2) is 23.4 Å². The summed E-state index contributed by atoms with van der Waals surface area (Å²) in [4.78, 5) is 12.4. The molecule has 0 saturated carbocycles. The number of sulfonamides is 1. The average molecular weight is 378 g/mol. The van der Waals surface area contributed by atoms with Gasteiger partial charge in [-0.15, -0.1) is 0 Å². The minimum absolute atomic E-state index is 0.161. The number of aromatic nitrogens is 4. The second kappa shape index (κ2) is 6.45. The number of anilines is 1. The third-order valence-corrected chi connectivity index (χ3v) is 5.61. The number of nitrogens with one attached hydrogen (secondary N) is 1. The summed E-state index contributed by atoms with van der Waals surface area (Å²) in [6.45, 7) is 5.28. The molecule has 3 aromatic rings. The highest BCUT2D eigenvalue weighted by atomic mass is 35.5. The Bertz CT molecular complexity index is 1050. The number of hydrogen-bond acceptors (Lipinski definition) is 5. The van der Waals surface area contributed by atoms with E-state index in [9.17, 15) is 8.42 Å². The summed E-state index contributed by atoms with van der Waals surface area (Å²) < 4.78 is 29.7. The van der Waals surface area contributed by atoms with Gasteiger partial charge in [0.15, 0.2) is 0 Å². The van der Waals surface area contributed by atoms with Gasteiger partial charge in [-0.3, -0.25) is 9.29 Å². The lowest BCUT2D eigenvalue weighted by molar-refractivity contribution is 0.600. The molecule has 25 heavy (non-hydrogen) atoms. The molecule has 0 amide bonds. The first-order valence-electron chi connectivity index (χ1n) is 7.40. The minimum atomic E-state index is -3.80. The Morgan fingerprint density at radius 3 is 2.48 bits per heavy atom. The van der Waals surface area contributed by atoms with Gasteiger partial charge in [0.2, 0.25) is 0 Å². The molecule has 0 aliphatic heterocycles. The van der Waals surface area contributed by atoms with Crippen molar-refractivity contribution in [3.8, 4) is 5.82 Å². The predicted molar refractivity (Wildman–Crippen MR) is 95.6 cm³/mol. The normalized spacial score (nSPS) is 11.5. The maximum Gasteiger partial charge on any atom is 0.263 e. The number of imidazole rings is 1. The molecule has 7 nitrogen and oxygen atoms in total. The van der Waals surface area contributed by atoms with Gasteiger partial charge in [-0.05, 0) is 44.0 Å². The van der Waals surface area contributed by atoms with Crippen LogP contribution in [0.3, 0.4) is 0 Å². The minimum Gasteiger partial charge on any atom is -0.288 e. The van der Waals surface area contributed by atoms with Gasteiger partial charge in [0.05, 0.1) is 4.90 Å². The summed E-state index contributed by atoms with van der Waals surface area (Å²) in [5.41, 5.74) is 1.24. The predicted octanol–water partition coefficient (Wildman–Crippen LogP) is 3.04. The number of halogens is 1. The molecule has 1 aromatic carbocycles. The second-order valence-corrected chi connectivity index (χ2v) is 7.64. The smallest absolute Gasteiger partial charge is 0.263 e. The number of hydrogen-bond donors (Lipinski definition) is 1. The van der Waals surface area contributed by atoms with E-state index in [4.69, 9.17) is 11.6 Å². The van der Waals surface area contributed by atoms with Crippen molar-refractivity contribution >= 4 is 27.4 Å². The van der Waals surface area contributed by atoms with Gasteiger partial charge in [-0.1, -0.05) is 11.6 Å². The molecule has 0 saturated heterocycles. The number of rotatable bonds is 4. The second-order valence-electron chi connectivity index (χ2n) is 5.58. The fourth-order valence-corrected chi connectivity index (χ4v) is 3.92. The summed E-state index contributed by atoms with van der Waals surface area (Å²) in [5, 5.41) is 0.524. The lowest BCUT2D eigenvalue weighted by atomic mass is 10.2.